The van der Waals surface area contributed by atoms with Gasteiger partial charge in [0.05, 0.1) is 12.8 Å². The van der Waals surface area contributed by atoms with Gasteiger partial charge in [-0.3, -0.25) is 0 Å². The number of carbonyl (C=O) groups excluding carboxylic acids is 1. The number of hydrogen-bond donors (Lipinski definition) is 1. The number of nitrogens with one attached hydrogen (secondary N) is 1. The molecule has 0 amide bonds. The number of benzene rings is 2. The van der Waals surface area contributed by atoms with Crippen LogP contribution >= 0.6 is 0 Å². The molecule has 0 saturated heterocycles. The Labute approximate surface area is 124 Å². The molecule has 4 nitrogen and oxygen atoms in total. The number of rotatable bonds is 5. The highest BCUT2D eigenvalue weighted by Gasteiger charge is 2.06. The Balaban J connectivity index is 2.09. The lowest BCUT2D eigenvalue weighted by Gasteiger charge is -2.11. The molecule has 0 saturated carbocycles. The monoisotopic (exact) mass is 283 g/mol. The van der Waals surface area contributed by atoms with Crippen LogP contribution < -0.4 is 14.8 Å². The molecule has 0 unspecified atom stereocenters. The smallest absolute Gasteiger partial charge is 0.338 e. The largest absolute Gasteiger partial charge is 0.495 e. The molecule has 108 valence electrons. The van der Waals surface area contributed by atoms with Crippen LogP contribution in [0.5, 0.6) is 11.5 Å². The van der Waals surface area contributed by atoms with Crippen LogP contribution in [0.3, 0.4) is 0 Å². The van der Waals surface area contributed by atoms with Gasteiger partial charge in [-0.05, 0) is 43.3 Å². The van der Waals surface area contributed by atoms with Gasteiger partial charge >= 0.3 is 5.97 Å². The summed E-state index contributed by atoms with van der Waals surface area (Å²) in [6, 6.07) is 14.7. The Kier molecular flexibility index (Phi) is 4.61. The van der Waals surface area contributed by atoms with Crippen LogP contribution in [0.2, 0.25) is 0 Å². The lowest BCUT2D eigenvalue weighted by molar-refractivity contribution is -0.130. The summed E-state index contributed by atoms with van der Waals surface area (Å²) in [6.07, 6.45) is 0. The van der Waals surface area contributed by atoms with E-state index in [9.17, 15) is 4.79 Å². The van der Waals surface area contributed by atoms with Gasteiger partial charge in [0, 0.05) is 11.3 Å². The molecule has 0 radical (unpaired) electrons. The zero-order chi connectivity index (χ0) is 15.2. The van der Waals surface area contributed by atoms with E-state index in [2.05, 4.69) is 11.9 Å². The van der Waals surface area contributed by atoms with Gasteiger partial charge in [0.1, 0.15) is 11.5 Å². The molecule has 0 aliphatic carbocycles. The van der Waals surface area contributed by atoms with E-state index < -0.39 is 5.97 Å². The summed E-state index contributed by atoms with van der Waals surface area (Å²) in [4.78, 5) is 11.4. The minimum absolute atomic E-state index is 0.367. The van der Waals surface area contributed by atoms with Crippen LogP contribution in [0, 0.1) is 0 Å². The quantitative estimate of drug-likeness (QED) is 0.513. The number of para-hydroxylation sites is 2. The molecule has 21 heavy (non-hydrogen) atoms. The second-order valence-electron chi connectivity index (χ2n) is 4.52. The first-order valence-electron chi connectivity index (χ1n) is 6.48. The number of esters is 1. The van der Waals surface area contributed by atoms with Crippen molar-refractivity contribution in [2.45, 2.75) is 6.92 Å². The van der Waals surface area contributed by atoms with Crippen LogP contribution in [-0.4, -0.2) is 13.1 Å². The van der Waals surface area contributed by atoms with Crippen LogP contribution in [0.1, 0.15) is 6.92 Å². The minimum Gasteiger partial charge on any atom is -0.495 e. The first-order valence-corrected chi connectivity index (χ1v) is 6.48. The van der Waals surface area contributed by atoms with Gasteiger partial charge < -0.3 is 14.8 Å². The summed E-state index contributed by atoms with van der Waals surface area (Å²) < 4.78 is 10.4. The molecule has 0 aromatic heterocycles. The Morgan fingerprint density at radius 3 is 2.38 bits per heavy atom. The van der Waals surface area contributed by atoms with E-state index in [0.29, 0.717) is 11.3 Å². The van der Waals surface area contributed by atoms with Crippen molar-refractivity contribution in [2.24, 2.45) is 0 Å². The average Bonchev–Trinajstić information content (AvgIpc) is 2.49. The van der Waals surface area contributed by atoms with E-state index in [1.807, 2.05) is 36.4 Å². The predicted octanol–water partition coefficient (Wildman–Crippen LogP) is 3.92. The first kappa shape index (κ1) is 14.7. The molecular formula is C17H17NO3. The second-order valence-corrected chi connectivity index (χ2v) is 4.52. The molecule has 1 N–H and O–H groups in total. The summed E-state index contributed by atoms with van der Waals surface area (Å²) >= 11 is 0. The maximum atomic E-state index is 11.4. The molecule has 0 aliphatic rings. The molecule has 0 fully saturated rings. The molecule has 0 heterocycles. The van der Waals surface area contributed by atoms with Crippen molar-refractivity contribution in [3.8, 4) is 11.5 Å². The SMILES string of the molecule is C=C(C)C(=O)Oc1ccc(Nc2ccccc2OC)cc1. The number of hydrogen-bond acceptors (Lipinski definition) is 4. The van der Waals surface area contributed by atoms with Crippen molar-refractivity contribution < 1.29 is 14.3 Å². The molecule has 0 bridgehead atoms. The molecule has 2 rings (SSSR count). The van der Waals surface area contributed by atoms with Crippen molar-refractivity contribution in [3.05, 3.63) is 60.7 Å². The lowest BCUT2D eigenvalue weighted by Crippen LogP contribution is -2.08. The van der Waals surface area contributed by atoms with Crippen LogP contribution in [-0.2, 0) is 4.79 Å². The van der Waals surface area contributed by atoms with E-state index in [1.165, 1.54) is 0 Å². The fraction of sp³-hybridized carbons (Fsp3) is 0.118. The fourth-order valence-corrected chi connectivity index (χ4v) is 1.70. The van der Waals surface area contributed by atoms with E-state index in [0.717, 1.165) is 17.1 Å². The summed E-state index contributed by atoms with van der Waals surface area (Å²) in [5.74, 6) is 0.810. The van der Waals surface area contributed by atoms with Gasteiger partial charge in [-0.2, -0.15) is 0 Å². The minimum atomic E-state index is -0.430. The Morgan fingerprint density at radius 2 is 1.76 bits per heavy atom. The Bertz CT molecular complexity index is 647. The van der Waals surface area contributed by atoms with Gasteiger partial charge in [-0.15, -0.1) is 0 Å². The normalized spacial score (nSPS) is 9.81. The Morgan fingerprint density at radius 1 is 1.10 bits per heavy atom. The van der Waals surface area contributed by atoms with Crippen molar-refractivity contribution >= 4 is 17.3 Å². The number of methoxy groups -OCH3 is 1. The first-order chi connectivity index (χ1) is 10.1. The van der Waals surface area contributed by atoms with Gasteiger partial charge in [0.25, 0.3) is 0 Å². The van der Waals surface area contributed by atoms with E-state index in [4.69, 9.17) is 9.47 Å². The van der Waals surface area contributed by atoms with Crippen molar-refractivity contribution in [3.63, 3.8) is 0 Å². The topological polar surface area (TPSA) is 47.6 Å². The maximum Gasteiger partial charge on any atom is 0.338 e. The highest BCUT2D eigenvalue weighted by atomic mass is 16.5. The van der Waals surface area contributed by atoms with Gasteiger partial charge in [-0.1, -0.05) is 18.7 Å². The summed E-state index contributed by atoms with van der Waals surface area (Å²) in [5, 5.41) is 3.24. The molecule has 0 aliphatic heterocycles. The number of carbonyl (C=O) groups is 1. The van der Waals surface area contributed by atoms with Crippen molar-refractivity contribution in [1.82, 2.24) is 0 Å². The third kappa shape index (κ3) is 3.86. The zero-order valence-electron chi connectivity index (χ0n) is 12.1. The second kappa shape index (κ2) is 6.61. The molecule has 2 aromatic carbocycles. The van der Waals surface area contributed by atoms with Crippen LogP contribution in [0.15, 0.2) is 60.7 Å². The van der Waals surface area contributed by atoms with E-state index in [1.54, 1.807) is 26.2 Å². The lowest BCUT2D eigenvalue weighted by atomic mass is 10.2. The maximum absolute atomic E-state index is 11.4. The van der Waals surface area contributed by atoms with Gasteiger partial charge in [0.2, 0.25) is 0 Å². The molecule has 2 aromatic rings. The molecule has 0 atom stereocenters. The predicted molar refractivity (Wildman–Crippen MR) is 83.2 cm³/mol. The summed E-state index contributed by atoms with van der Waals surface area (Å²) in [7, 11) is 1.63. The fourth-order valence-electron chi connectivity index (χ4n) is 1.70. The molecule has 0 spiro atoms. The molecular weight excluding hydrogens is 266 g/mol. The average molecular weight is 283 g/mol. The van der Waals surface area contributed by atoms with Crippen LogP contribution in [0.4, 0.5) is 11.4 Å². The highest BCUT2D eigenvalue weighted by Crippen LogP contribution is 2.27. The van der Waals surface area contributed by atoms with E-state index in [-0.39, 0.29) is 0 Å². The van der Waals surface area contributed by atoms with Crippen LogP contribution in [0.25, 0.3) is 0 Å². The summed E-state index contributed by atoms with van der Waals surface area (Å²) in [6.45, 7) is 5.15. The molecule has 4 heteroatoms. The number of anilines is 2. The van der Waals surface area contributed by atoms with Gasteiger partial charge in [0.15, 0.2) is 0 Å². The van der Waals surface area contributed by atoms with Crippen molar-refractivity contribution in [2.75, 3.05) is 12.4 Å². The van der Waals surface area contributed by atoms with Gasteiger partial charge in [-0.25, -0.2) is 4.79 Å². The third-order valence-electron chi connectivity index (χ3n) is 2.80. The number of ether oxygens (including phenoxy) is 2. The zero-order valence-corrected chi connectivity index (χ0v) is 12.1. The Hall–Kier alpha value is -2.75. The van der Waals surface area contributed by atoms with E-state index >= 15 is 0 Å². The van der Waals surface area contributed by atoms with Crippen molar-refractivity contribution in [1.29, 1.82) is 0 Å². The third-order valence-corrected chi connectivity index (χ3v) is 2.80. The highest BCUT2D eigenvalue weighted by molar-refractivity contribution is 5.88. The summed E-state index contributed by atoms with van der Waals surface area (Å²) in [5.41, 5.74) is 2.10. The standard InChI is InChI=1S/C17H17NO3/c1-12(2)17(19)21-14-10-8-13(9-11-14)18-15-6-4-5-7-16(15)20-3/h4-11,18H,1H2,2-3H3.